The van der Waals surface area contributed by atoms with Gasteiger partial charge in [0.15, 0.2) is 0 Å². The fourth-order valence-electron chi connectivity index (χ4n) is 1.60. The van der Waals surface area contributed by atoms with E-state index in [1.807, 2.05) is 6.92 Å². The number of aromatic nitrogens is 1. The molecular weight excluding hydrogens is 280 g/mol. The van der Waals surface area contributed by atoms with Crippen LogP contribution in [0.15, 0.2) is 10.2 Å². The number of nitrogens with zero attached hydrogens (tertiary/aromatic N) is 1. The Morgan fingerprint density at radius 2 is 2.10 bits per heavy atom. The third-order valence-corrected chi connectivity index (χ3v) is 3.44. The lowest BCUT2D eigenvalue weighted by molar-refractivity contribution is -0.147. The first-order chi connectivity index (χ1) is 9.40. The number of ether oxygens (including phenoxy) is 1. The number of amides is 1. The van der Waals surface area contributed by atoms with E-state index in [0.29, 0.717) is 6.54 Å². The zero-order valence-corrected chi connectivity index (χ0v) is 12.8. The second kappa shape index (κ2) is 7.84. The molecule has 0 fully saturated rings. The van der Waals surface area contributed by atoms with Gasteiger partial charge in [-0.05, 0) is 20.8 Å². The van der Waals surface area contributed by atoms with Gasteiger partial charge < -0.3 is 14.6 Å². The van der Waals surface area contributed by atoms with E-state index in [1.165, 1.54) is 0 Å². The Morgan fingerprint density at radius 3 is 2.65 bits per heavy atom. The van der Waals surface area contributed by atoms with Gasteiger partial charge in [0, 0.05) is 30.6 Å². The van der Waals surface area contributed by atoms with E-state index in [0.717, 1.165) is 17.0 Å². The minimum absolute atomic E-state index is 0.0594. The van der Waals surface area contributed by atoms with Gasteiger partial charge in [0.2, 0.25) is 5.91 Å². The van der Waals surface area contributed by atoms with Crippen molar-refractivity contribution in [3.8, 4) is 0 Å². The van der Waals surface area contributed by atoms with Crippen LogP contribution < -0.4 is 10.2 Å². The molecule has 0 aliphatic rings. The zero-order chi connectivity index (χ0) is 15.1. The number of hydrogen-bond acceptors (Lipinski definition) is 5. The number of rotatable bonds is 7. The molecule has 1 aromatic rings. The lowest BCUT2D eigenvalue weighted by atomic mass is 10.3. The molecule has 6 nitrogen and oxygen atoms in total. The second-order valence-corrected chi connectivity index (χ2v) is 5.50. The summed E-state index contributed by atoms with van der Waals surface area (Å²) in [6.45, 7) is 5.99. The van der Waals surface area contributed by atoms with E-state index in [4.69, 9.17) is 4.74 Å². The Kier molecular flexibility index (Phi) is 6.44. The molecule has 0 aliphatic heterocycles. The molecule has 0 radical (unpaired) electrons. The lowest BCUT2D eigenvalue weighted by Crippen LogP contribution is -2.29. The summed E-state index contributed by atoms with van der Waals surface area (Å²) in [7, 11) is 0. The molecule has 1 aromatic heterocycles. The first-order valence-electron chi connectivity index (χ1n) is 6.51. The fraction of sp³-hybridized carbons (Fsp3) is 0.615. The number of thiazole rings is 1. The van der Waals surface area contributed by atoms with Crippen molar-refractivity contribution in [1.29, 1.82) is 0 Å². The second-order valence-electron chi connectivity index (χ2n) is 4.68. The Hall–Kier alpha value is -1.63. The van der Waals surface area contributed by atoms with Crippen LogP contribution in [0.25, 0.3) is 0 Å². The van der Waals surface area contributed by atoms with Crippen LogP contribution in [0, 0.1) is 6.92 Å². The Labute approximate surface area is 121 Å². The molecule has 20 heavy (non-hydrogen) atoms. The molecule has 7 heteroatoms. The van der Waals surface area contributed by atoms with Crippen LogP contribution >= 0.6 is 11.3 Å². The molecule has 0 spiro atoms. The smallest absolute Gasteiger partial charge is 0.307 e. The summed E-state index contributed by atoms with van der Waals surface area (Å²) in [6.07, 6.45) is 0.226. The number of esters is 1. The van der Waals surface area contributed by atoms with Crippen LogP contribution in [0.1, 0.15) is 32.4 Å². The summed E-state index contributed by atoms with van der Waals surface area (Å²) in [5.74, 6) is -0.509. The van der Waals surface area contributed by atoms with Crippen molar-refractivity contribution >= 4 is 23.2 Å². The van der Waals surface area contributed by atoms with Gasteiger partial charge in [-0.3, -0.25) is 14.4 Å². The minimum atomic E-state index is -0.329. The third kappa shape index (κ3) is 5.56. The first-order valence-corrected chi connectivity index (χ1v) is 7.39. The topological polar surface area (TPSA) is 77.4 Å². The van der Waals surface area contributed by atoms with Crippen molar-refractivity contribution in [1.82, 2.24) is 9.88 Å². The highest BCUT2D eigenvalue weighted by atomic mass is 32.1. The van der Waals surface area contributed by atoms with Crippen molar-refractivity contribution in [2.75, 3.05) is 6.54 Å². The molecule has 0 unspecified atom stereocenters. The molecule has 0 aliphatic carbocycles. The van der Waals surface area contributed by atoms with E-state index < -0.39 is 0 Å². The van der Waals surface area contributed by atoms with E-state index >= 15 is 0 Å². The molecule has 112 valence electrons. The van der Waals surface area contributed by atoms with Crippen LogP contribution in [-0.2, 0) is 20.9 Å². The fourth-order valence-corrected chi connectivity index (χ4v) is 2.36. The third-order valence-electron chi connectivity index (χ3n) is 2.56. The molecular formula is C13H20N2O4S. The Balaban J connectivity index is 2.25. The van der Waals surface area contributed by atoms with Crippen molar-refractivity contribution in [3.05, 3.63) is 20.7 Å². The predicted octanol–water partition coefficient (Wildman–Crippen LogP) is 1.07. The molecule has 1 rings (SSSR count). The highest BCUT2D eigenvalue weighted by Crippen LogP contribution is 2.00. The highest BCUT2D eigenvalue weighted by molar-refractivity contribution is 7.07. The molecule has 0 bridgehead atoms. The van der Waals surface area contributed by atoms with Gasteiger partial charge in [-0.25, -0.2) is 0 Å². The van der Waals surface area contributed by atoms with Crippen molar-refractivity contribution < 1.29 is 14.3 Å². The van der Waals surface area contributed by atoms with Crippen LogP contribution in [-0.4, -0.2) is 29.1 Å². The van der Waals surface area contributed by atoms with E-state index in [-0.39, 0.29) is 42.2 Å². The first kappa shape index (κ1) is 16.4. The van der Waals surface area contributed by atoms with Gasteiger partial charge in [0.1, 0.15) is 0 Å². The average molecular weight is 300 g/mol. The van der Waals surface area contributed by atoms with Gasteiger partial charge in [0.25, 0.3) is 0 Å². The number of nitrogens with one attached hydrogen (secondary N) is 1. The highest BCUT2D eigenvalue weighted by Gasteiger charge is 2.08. The normalized spacial score (nSPS) is 10.6. The van der Waals surface area contributed by atoms with Gasteiger partial charge >= 0.3 is 10.8 Å². The average Bonchev–Trinajstić information content (AvgIpc) is 2.65. The standard InChI is InChI=1S/C13H20N2O4S/c1-9(2)19-12(17)4-6-14-11(16)5-7-15-10(3)8-20-13(15)18/h8-9H,4-7H2,1-3H3,(H,14,16). The minimum Gasteiger partial charge on any atom is -0.463 e. The van der Waals surface area contributed by atoms with E-state index in [9.17, 15) is 14.4 Å². The summed E-state index contributed by atoms with van der Waals surface area (Å²) in [4.78, 5) is 34.2. The SMILES string of the molecule is Cc1csc(=O)n1CCC(=O)NCCC(=O)OC(C)C. The molecule has 0 saturated heterocycles. The van der Waals surface area contributed by atoms with Gasteiger partial charge in [-0.1, -0.05) is 11.3 Å². The van der Waals surface area contributed by atoms with Gasteiger partial charge in [0.05, 0.1) is 12.5 Å². The maximum absolute atomic E-state index is 11.6. The summed E-state index contributed by atoms with van der Waals surface area (Å²) in [6, 6.07) is 0. The van der Waals surface area contributed by atoms with Gasteiger partial charge in [-0.2, -0.15) is 0 Å². The maximum atomic E-state index is 11.6. The van der Waals surface area contributed by atoms with Crippen molar-refractivity contribution in [2.45, 2.75) is 46.3 Å². The van der Waals surface area contributed by atoms with Crippen LogP contribution in [0.3, 0.4) is 0 Å². The zero-order valence-electron chi connectivity index (χ0n) is 12.0. The van der Waals surface area contributed by atoms with Crippen LogP contribution in [0.4, 0.5) is 0 Å². The molecule has 1 amide bonds. The largest absolute Gasteiger partial charge is 0.463 e. The molecule has 1 N–H and O–H groups in total. The lowest BCUT2D eigenvalue weighted by Gasteiger charge is -2.09. The summed E-state index contributed by atoms with van der Waals surface area (Å²) < 4.78 is 6.51. The molecule has 0 atom stereocenters. The molecule has 0 saturated carbocycles. The van der Waals surface area contributed by atoms with Crippen LogP contribution in [0.5, 0.6) is 0 Å². The molecule has 0 aromatic carbocycles. The predicted molar refractivity (Wildman–Crippen MR) is 76.8 cm³/mol. The summed E-state index contributed by atoms with van der Waals surface area (Å²) in [5, 5.41) is 4.40. The molecule has 1 heterocycles. The number of carbonyl (C=O) groups is 2. The Bertz CT molecular complexity index is 519. The maximum Gasteiger partial charge on any atom is 0.307 e. The Morgan fingerprint density at radius 1 is 1.40 bits per heavy atom. The summed E-state index contributed by atoms with van der Waals surface area (Å²) >= 11 is 1.12. The quantitative estimate of drug-likeness (QED) is 0.764. The monoisotopic (exact) mass is 300 g/mol. The van der Waals surface area contributed by atoms with Crippen LogP contribution in [0.2, 0.25) is 0 Å². The van der Waals surface area contributed by atoms with E-state index in [2.05, 4.69) is 5.32 Å². The van der Waals surface area contributed by atoms with Crippen molar-refractivity contribution in [2.24, 2.45) is 0 Å². The number of carbonyl (C=O) groups excluding carboxylic acids is 2. The van der Waals surface area contributed by atoms with Gasteiger partial charge in [-0.15, -0.1) is 0 Å². The summed E-state index contributed by atoms with van der Waals surface area (Å²) in [5.41, 5.74) is 0.855. The van der Waals surface area contributed by atoms with Crippen molar-refractivity contribution in [3.63, 3.8) is 0 Å². The number of aryl methyl sites for hydroxylation is 1. The van der Waals surface area contributed by atoms with E-state index in [1.54, 1.807) is 23.8 Å². The number of hydrogen-bond donors (Lipinski definition) is 1.